The summed E-state index contributed by atoms with van der Waals surface area (Å²) in [4.78, 5) is 34.7. The van der Waals surface area contributed by atoms with Gasteiger partial charge in [-0.2, -0.15) is 0 Å². The number of hydrogen-bond donors (Lipinski definition) is 1. The van der Waals surface area contributed by atoms with E-state index in [2.05, 4.69) is 15.3 Å². The standard InChI is InChI=1S/C18H19N5O2S/c1-13-20-10-16(26-13)12-22(2)18(25)21-15-6-3-5-14(9-15)11-23-8-4-7-19-17(23)24/h3-10H,11-12H2,1-2H3,(H,21,25). The van der Waals surface area contributed by atoms with Crippen molar-refractivity contribution in [1.29, 1.82) is 0 Å². The lowest BCUT2D eigenvalue weighted by Gasteiger charge is -2.17. The molecule has 134 valence electrons. The second-order valence-corrected chi connectivity index (χ2v) is 7.18. The van der Waals surface area contributed by atoms with Crippen molar-refractivity contribution in [1.82, 2.24) is 19.4 Å². The quantitative estimate of drug-likeness (QED) is 0.750. The van der Waals surface area contributed by atoms with Crippen molar-refractivity contribution in [3.63, 3.8) is 0 Å². The molecule has 2 amide bonds. The van der Waals surface area contributed by atoms with Crippen LogP contribution in [-0.4, -0.2) is 32.5 Å². The largest absolute Gasteiger partial charge is 0.347 e. The molecule has 0 fully saturated rings. The Bertz CT molecular complexity index is 966. The number of thiazole rings is 1. The Morgan fingerprint density at radius 1 is 1.31 bits per heavy atom. The lowest BCUT2D eigenvalue weighted by atomic mass is 10.2. The van der Waals surface area contributed by atoms with E-state index in [-0.39, 0.29) is 11.7 Å². The molecule has 0 aliphatic heterocycles. The Morgan fingerprint density at radius 3 is 2.88 bits per heavy atom. The van der Waals surface area contributed by atoms with E-state index in [1.807, 2.05) is 31.2 Å². The Labute approximate surface area is 155 Å². The number of nitrogens with zero attached hydrogens (tertiary/aromatic N) is 4. The van der Waals surface area contributed by atoms with Gasteiger partial charge in [-0.3, -0.25) is 4.57 Å². The summed E-state index contributed by atoms with van der Waals surface area (Å²) >= 11 is 1.57. The third-order valence-electron chi connectivity index (χ3n) is 3.72. The fourth-order valence-electron chi connectivity index (χ4n) is 2.45. The van der Waals surface area contributed by atoms with Crippen molar-refractivity contribution < 1.29 is 4.79 Å². The molecule has 1 N–H and O–H groups in total. The van der Waals surface area contributed by atoms with Gasteiger partial charge in [-0.05, 0) is 30.7 Å². The van der Waals surface area contributed by atoms with Gasteiger partial charge in [-0.15, -0.1) is 11.3 Å². The number of urea groups is 1. The number of anilines is 1. The topological polar surface area (TPSA) is 80.1 Å². The van der Waals surface area contributed by atoms with Crippen molar-refractivity contribution in [3.05, 3.63) is 74.9 Å². The Kier molecular flexibility index (Phi) is 5.43. The molecule has 8 heteroatoms. The number of nitrogens with one attached hydrogen (secondary N) is 1. The predicted molar refractivity (Wildman–Crippen MR) is 101 cm³/mol. The zero-order valence-corrected chi connectivity index (χ0v) is 15.4. The van der Waals surface area contributed by atoms with Gasteiger partial charge in [0.2, 0.25) is 0 Å². The highest BCUT2D eigenvalue weighted by Gasteiger charge is 2.11. The third kappa shape index (κ3) is 4.54. The molecule has 0 aliphatic carbocycles. The molecule has 0 aliphatic rings. The number of rotatable bonds is 5. The molecular weight excluding hydrogens is 350 g/mol. The number of amides is 2. The average Bonchev–Trinajstić information content (AvgIpc) is 3.02. The van der Waals surface area contributed by atoms with Crippen molar-refractivity contribution in [2.45, 2.75) is 20.0 Å². The fraction of sp³-hybridized carbons (Fsp3) is 0.222. The van der Waals surface area contributed by atoms with E-state index in [0.29, 0.717) is 18.8 Å². The normalized spacial score (nSPS) is 10.5. The lowest BCUT2D eigenvalue weighted by molar-refractivity contribution is 0.221. The number of carbonyl (C=O) groups excluding carboxylic acids is 1. The van der Waals surface area contributed by atoms with Gasteiger partial charge >= 0.3 is 11.7 Å². The zero-order chi connectivity index (χ0) is 18.5. The molecule has 7 nitrogen and oxygen atoms in total. The molecule has 2 aromatic heterocycles. The van der Waals surface area contributed by atoms with Crippen LogP contribution >= 0.6 is 11.3 Å². The molecule has 0 saturated heterocycles. The van der Waals surface area contributed by atoms with Crippen LogP contribution < -0.4 is 11.0 Å². The molecule has 2 heterocycles. The van der Waals surface area contributed by atoms with E-state index in [1.165, 1.54) is 10.8 Å². The first kappa shape index (κ1) is 17.8. The van der Waals surface area contributed by atoms with Gasteiger partial charge in [0.1, 0.15) is 0 Å². The second-order valence-electron chi connectivity index (χ2n) is 5.86. The monoisotopic (exact) mass is 369 g/mol. The fourth-order valence-corrected chi connectivity index (χ4v) is 3.30. The van der Waals surface area contributed by atoms with Crippen LogP contribution in [-0.2, 0) is 13.1 Å². The third-order valence-corrected chi connectivity index (χ3v) is 4.62. The highest BCUT2D eigenvalue weighted by Crippen LogP contribution is 2.15. The number of carbonyl (C=O) groups is 1. The molecular formula is C18H19N5O2S. The number of aryl methyl sites for hydroxylation is 1. The lowest BCUT2D eigenvalue weighted by Crippen LogP contribution is -2.30. The summed E-state index contributed by atoms with van der Waals surface area (Å²) in [6, 6.07) is 8.92. The minimum atomic E-state index is -0.304. The van der Waals surface area contributed by atoms with Gasteiger partial charge in [-0.25, -0.2) is 19.6 Å². The molecule has 3 rings (SSSR count). The SMILES string of the molecule is Cc1ncc(CN(C)C(=O)Nc2cccc(Cn3cccnc3=O)c2)s1. The molecule has 1 aromatic carbocycles. The minimum Gasteiger partial charge on any atom is -0.322 e. The van der Waals surface area contributed by atoms with E-state index in [0.717, 1.165) is 15.4 Å². The molecule has 26 heavy (non-hydrogen) atoms. The van der Waals surface area contributed by atoms with Crippen LogP contribution in [0, 0.1) is 6.92 Å². The van der Waals surface area contributed by atoms with E-state index >= 15 is 0 Å². The Balaban J connectivity index is 1.65. The summed E-state index contributed by atoms with van der Waals surface area (Å²) < 4.78 is 1.51. The average molecular weight is 369 g/mol. The van der Waals surface area contributed by atoms with Crippen LogP contribution in [0.25, 0.3) is 0 Å². The van der Waals surface area contributed by atoms with Gasteiger partial charge in [0.15, 0.2) is 0 Å². The number of aromatic nitrogens is 3. The van der Waals surface area contributed by atoms with E-state index in [4.69, 9.17) is 0 Å². The predicted octanol–water partition coefficient (Wildman–Crippen LogP) is 2.72. The highest BCUT2D eigenvalue weighted by molar-refractivity contribution is 7.11. The summed E-state index contributed by atoms with van der Waals surface area (Å²) in [5.74, 6) is 0. The van der Waals surface area contributed by atoms with E-state index < -0.39 is 0 Å². The molecule has 0 saturated carbocycles. The first-order chi connectivity index (χ1) is 12.5. The molecule has 3 aromatic rings. The molecule has 0 atom stereocenters. The zero-order valence-electron chi connectivity index (χ0n) is 14.5. The van der Waals surface area contributed by atoms with Crippen molar-refractivity contribution in [2.24, 2.45) is 0 Å². The first-order valence-electron chi connectivity index (χ1n) is 8.05. The van der Waals surface area contributed by atoms with Crippen molar-refractivity contribution in [3.8, 4) is 0 Å². The minimum absolute atomic E-state index is 0.202. The summed E-state index contributed by atoms with van der Waals surface area (Å²) in [7, 11) is 1.74. The van der Waals surface area contributed by atoms with Crippen molar-refractivity contribution >= 4 is 23.1 Å². The summed E-state index contributed by atoms with van der Waals surface area (Å²) in [6.45, 7) is 2.84. The maximum atomic E-state index is 12.4. The van der Waals surface area contributed by atoms with Gasteiger partial charge in [0.25, 0.3) is 0 Å². The van der Waals surface area contributed by atoms with E-state index in [9.17, 15) is 9.59 Å². The first-order valence-corrected chi connectivity index (χ1v) is 8.87. The molecule has 0 radical (unpaired) electrons. The summed E-state index contributed by atoms with van der Waals surface area (Å²) in [6.07, 6.45) is 4.94. The molecule has 0 spiro atoms. The van der Waals surface area contributed by atoms with Crippen LogP contribution in [0.5, 0.6) is 0 Å². The van der Waals surface area contributed by atoms with Crippen LogP contribution in [0.3, 0.4) is 0 Å². The van der Waals surface area contributed by atoms with Crippen LogP contribution in [0.2, 0.25) is 0 Å². The number of benzene rings is 1. The van der Waals surface area contributed by atoms with Crippen LogP contribution in [0.1, 0.15) is 15.4 Å². The maximum Gasteiger partial charge on any atom is 0.347 e. The summed E-state index contributed by atoms with van der Waals surface area (Å²) in [5.41, 5.74) is 1.27. The van der Waals surface area contributed by atoms with Gasteiger partial charge in [0, 0.05) is 36.2 Å². The Morgan fingerprint density at radius 2 is 2.15 bits per heavy atom. The van der Waals surface area contributed by atoms with Gasteiger partial charge in [0.05, 0.1) is 18.1 Å². The molecule has 0 unspecified atom stereocenters. The molecule has 0 bridgehead atoms. The van der Waals surface area contributed by atoms with Crippen LogP contribution in [0.15, 0.2) is 53.7 Å². The van der Waals surface area contributed by atoms with Crippen LogP contribution in [0.4, 0.5) is 10.5 Å². The second kappa shape index (κ2) is 7.92. The Hall–Kier alpha value is -3.00. The van der Waals surface area contributed by atoms with Gasteiger partial charge < -0.3 is 10.2 Å². The summed E-state index contributed by atoms with van der Waals surface area (Å²) in [5, 5.41) is 3.86. The number of hydrogen-bond acceptors (Lipinski definition) is 5. The van der Waals surface area contributed by atoms with E-state index in [1.54, 1.807) is 41.7 Å². The van der Waals surface area contributed by atoms with Gasteiger partial charge in [-0.1, -0.05) is 12.1 Å². The maximum absolute atomic E-state index is 12.4. The highest BCUT2D eigenvalue weighted by atomic mass is 32.1. The smallest absolute Gasteiger partial charge is 0.322 e. The van der Waals surface area contributed by atoms with Crippen molar-refractivity contribution in [2.75, 3.05) is 12.4 Å².